The van der Waals surface area contributed by atoms with Crippen LogP contribution in [0.4, 0.5) is 0 Å². The van der Waals surface area contributed by atoms with Crippen LogP contribution in [0.1, 0.15) is 35.0 Å². The lowest BCUT2D eigenvalue weighted by Gasteiger charge is -2.30. The van der Waals surface area contributed by atoms with E-state index < -0.39 is 5.54 Å². The number of amidine groups is 1. The topological polar surface area (TPSA) is 77.6 Å². The lowest BCUT2D eigenvalue weighted by atomic mass is 9.87. The number of carbonyl (C=O) groups excluding carboxylic acids is 1. The van der Waals surface area contributed by atoms with Gasteiger partial charge in [-0.2, -0.15) is 0 Å². The minimum absolute atomic E-state index is 0. The largest absolute Gasteiger partial charge is 0.497 e. The highest BCUT2D eigenvalue weighted by Gasteiger charge is 2.30. The van der Waals surface area contributed by atoms with Gasteiger partial charge in [0.15, 0.2) is 11.0 Å². The number of nitrogens with two attached hydrogens (primary N) is 1. The molecule has 0 radical (unpaired) electrons. The molecule has 1 atom stereocenters. The van der Waals surface area contributed by atoms with Crippen molar-refractivity contribution in [3.63, 3.8) is 0 Å². The maximum atomic E-state index is 12.5. The molecule has 0 spiro atoms. The Kier molecular flexibility index (Phi) is 7.14. The molecule has 0 saturated carbocycles. The SMILES string of the molecule is COc1cc(CC(=O)c2ccc(Cl)cn2)cc(C2(C)CCSC(N)=N2)c1.Cl. The van der Waals surface area contributed by atoms with E-state index in [1.807, 2.05) is 18.2 Å². The second kappa shape index (κ2) is 8.95. The number of ether oxygens (including phenoxy) is 1. The standard InChI is InChI=1S/C19H20ClN3O2S.ClH/c1-19(5-6-26-18(21)23-19)13-7-12(8-15(10-13)25-2)9-17(24)16-4-3-14(20)11-22-16;/h3-4,7-8,10-11H,5-6,9H2,1-2H3,(H2,21,23);1H. The number of aromatic nitrogens is 1. The molecule has 1 aliphatic heterocycles. The number of nitrogens with zero attached hydrogens (tertiary/aromatic N) is 2. The van der Waals surface area contributed by atoms with E-state index >= 15 is 0 Å². The zero-order valence-corrected chi connectivity index (χ0v) is 17.5. The Morgan fingerprint density at radius 3 is 2.78 bits per heavy atom. The average molecular weight is 426 g/mol. The summed E-state index contributed by atoms with van der Waals surface area (Å²) in [6.45, 7) is 2.06. The minimum Gasteiger partial charge on any atom is -0.497 e. The van der Waals surface area contributed by atoms with Gasteiger partial charge in [-0.15, -0.1) is 12.4 Å². The first kappa shape index (κ1) is 21.5. The molecule has 1 aromatic carbocycles. The van der Waals surface area contributed by atoms with Gasteiger partial charge in [-0.3, -0.25) is 14.8 Å². The number of Topliss-reactive ketones (excluding diaryl/α,β-unsaturated/α-hetero) is 1. The zero-order chi connectivity index (χ0) is 18.7. The van der Waals surface area contributed by atoms with Crippen LogP contribution in [-0.2, 0) is 12.0 Å². The molecule has 0 fully saturated rings. The zero-order valence-electron chi connectivity index (χ0n) is 15.1. The first-order valence-corrected chi connectivity index (χ1v) is 9.57. The summed E-state index contributed by atoms with van der Waals surface area (Å²) in [4.78, 5) is 21.3. The van der Waals surface area contributed by atoms with Crippen LogP contribution < -0.4 is 10.5 Å². The Morgan fingerprint density at radius 1 is 1.37 bits per heavy atom. The van der Waals surface area contributed by atoms with Crippen molar-refractivity contribution in [1.82, 2.24) is 4.98 Å². The number of carbonyl (C=O) groups is 1. The van der Waals surface area contributed by atoms with E-state index in [-0.39, 0.29) is 24.6 Å². The number of methoxy groups -OCH3 is 1. The van der Waals surface area contributed by atoms with Crippen molar-refractivity contribution in [1.29, 1.82) is 0 Å². The van der Waals surface area contributed by atoms with Crippen LogP contribution in [0, 0.1) is 0 Å². The van der Waals surface area contributed by atoms with Gasteiger partial charge in [0.05, 0.1) is 17.7 Å². The average Bonchev–Trinajstić information content (AvgIpc) is 2.61. The number of hydrogen-bond acceptors (Lipinski definition) is 6. The molecular formula is C19H21Cl2N3O2S. The highest BCUT2D eigenvalue weighted by atomic mass is 35.5. The smallest absolute Gasteiger partial charge is 0.185 e. The summed E-state index contributed by atoms with van der Waals surface area (Å²) in [7, 11) is 1.61. The van der Waals surface area contributed by atoms with Crippen LogP contribution in [0.25, 0.3) is 0 Å². The summed E-state index contributed by atoms with van der Waals surface area (Å²) >= 11 is 7.40. The Hall–Kier alpha value is -1.76. The molecule has 27 heavy (non-hydrogen) atoms. The lowest BCUT2D eigenvalue weighted by Crippen LogP contribution is -2.29. The van der Waals surface area contributed by atoms with Crippen LogP contribution in [0.2, 0.25) is 5.02 Å². The molecule has 2 heterocycles. The molecule has 3 rings (SSSR count). The van der Waals surface area contributed by atoms with Gasteiger partial charge in [-0.1, -0.05) is 29.4 Å². The quantitative estimate of drug-likeness (QED) is 0.723. The molecular weight excluding hydrogens is 405 g/mol. The summed E-state index contributed by atoms with van der Waals surface area (Å²) in [6, 6.07) is 9.13. The Bertz CT molecular complexity index is 859. The van der Waals surface area contributed by atoms with Gasteiger partial charge in [0.2, 0.25) is 0 Å². The van der Waals surface area contributed by atoms with Crippen LogP contribution in [0.15, 0.2) is 41.5 Å². The van der Waals surface area contributed by atoms with E-state index in [0.717, 1.165) is 23.3 Å². The minimum atomic E-state index is -0.416. The second-order valence-electron chi connectivity index (χ2n) is 6.35. The molecule has 1 unspecified atom stereocenters. The number of benzene rings is 1. The van der Waals surface area contributed by atoms with Crippen molar-refractivity contribution >= 4 is 46.7 Å². The number of aliphatic imine (C=N–C) groups is 1. The van der Waals surface area contributed by atoms with Gasteiger partial charge in [0, 0.05) is 18.4 Å². The summed E-state index contributed by atoms with van der Waals surface area (Å²) in [5.41, 5.74) is 7.76. The fourth-order valence-electron chi connectivity index (χ4n) is 2.90. The number of ketones is 1. The van der Waals surface area contributed by atoms with Crippen molar-refractivity contribution in [2.24, 2.45) is 10.7 Å². The highest BCUT2D eigenvalue weighted by Crippen LogP contribution is 2.37. The maximum absolute atomic E-state index is 12.5. The third-order valence-corrected chi connectivity index (χ3v) is 5.42. The highest BCUT2D eigenvalue weighted by molar-refractivity contribution is 8.13. The van der Waals surface area contributed by atoms with Crippen LogP contribution >= 0.6 is 35.8 Å². The predicted molar refractivity (Wildman–Crippen MR) is 114 cm³/mol. The molecule has 0 bridgehead atoms. The fourth-order valence-corrected chi connectivity index (χ4v) is 3.99. The van der Waals surface area contributed by atoms with Gasteiger partial charge in [0.1, 0.15) is 11.4 Å². The van der Waals surface area contributed by atoms with Crippen LogP contribution in [0.3, 0.4) is 0 Å². The molecule has 1 aromatic heterocycles. The van der Waals surface area contributed by atoms with E-state index in [2.05, 4.69) is 16.9 Å². The van der Waals surface area contributed by atoms with E-state index in [0.29, 0.717) is 21.6 Å². The molecule has 8 heteroatoms. The van der Waals surface area contributed by atoms with E-state index in [1.165, 1.54) is 6.20 Å². The number of rotatable bonds is 5. The molecule has 1 aliphatic rings. The van der Waals surface area contributed by atoms with E-state index in [1.54, 1.807) is 31.0 Å². The van der Waals surface area contributed by atoms with Gasteiger partial charge in [0.25, 0.3) is 0 Å². The third-order valence-electron chi connectivity index (χ3n) is 4.40. The molecule has 2 aromatic rings. The summed E-state index contributed by atoms with van der Waals surface area (Å²) in [5.74, 6) is 1.53. The molecule has 144 valence electrons. The van der Waals surface area contributed by atoms with Gasteiger partial charge in [-0.05, 0) is 48.7 Å². The summed E-state index contributed by atoms with van der Waals surface area (Å²) in [6.07, 6.45) is 2.57. The predicted octanol–water partition coefficient (Wildman–Crippen LogP) is 4.26. The van der Waals surface area contributed by atoms with Crippen molar-refractivity contribution in [3.8, 4) is 5.75 Å². The second-order valence-corrected chi connectivity index (χ2v) is 7.91. The first-order chi connectivity index (χ1) is 12.4. The molecule has 0 amide bonds. The number of thioether (sulfide) groups is 1. The number of pyridine rings is 1. The van der Waals surface area contributed by atoms with Gasteiger partial charge >= 0.3 is 0 Å². The Balaban J connectivity index is 0.00000261. The molecule has 0 saturated heterocycles. The molecule has 5 nitrogen and oxygen atoms in total. The van der Waals surface area contributed by atoms with Crippen molar-refractivity contribution in [2.45, 2.75) is 25.3 Å². The summed E-state index contributed by atoms with van der Waals surface area (Å²) in [5, 5.41) is 1.09. The molecule has 0 aliphatic carbocycles. The molecule has 2 N–H and O–H groups in total. The fraction of sp³-hybridized carbons (Fsp3) is 0.316. The van der Waals surface area contributed by atoms with Crippen molar-refractivity contribution < 1.29 is 9.53 Å². The van der Waals surface area contributed by atoms with Crippen LogP contribution in [-0.4, -0.2) is 28.8 Å². The Labute approximate surface area is 174 Å². The van der Waals surface area contributed by atoms with E-state index in [4.69, 9.17) is 22.1 Å². The maximum Gasteiger partial charge on any atom is 0.185 e. The van der Waals surface area contributed by atoms with Crippen molar-refractivity contribution in [3.05, 3.63) is 58.4 Å². The first-order valence-electron chi connectivity index (χ1n) is 8.21. The number of hydrogen-bond donors (Lipinski definition) is 1. The van der Waals surface area contributed by atoms with Gasteiger partial charge < -0.3 is 10.5 Å². The monoisotopic (exact) mass is 425 g/mol. The van der Waals surface area contributed by atoms with Crippen LogP contribution in [0.5, 0.6) is 5.75 Å². The van der Waals surface area contributed by atoms with Crippen molar-refractivity contribution in [2.75, 3.05) is 12.9 Å². The van der Waals surface area contributed by atoms with E-state index in [9.17, 15) is 4.79 Å². The summed E-state index contributed by atoms with van der Waals surface area (Å²) < 4.78 is 5.43. The lowest BCUT2D eigenvalue weighted by molar-refractivity contribution is 0.0988. The normalized spacial score (nSPS) is 19.0. The Morgan fingerprint density at radius 2 is 2.15 bits per heavy atom. The number of halogens is 2. The third kappa shape index (κ3) is 5.15. The van der Waals surface area contributed by atoms with Gasteiger partial charge in [-0.25, -0.2) is 0 Å².